The Balaban J connectivity index is 1.77. The summed E-state index contributed by atoms with van der Waals surface area (Å²) in [5, 5.41) is 14.6. The third kappa shape index (κ3) is 4.51. The first-order valence-electron chi connectivity index (χ1n) is 10.0. The summed E-state index contributed by atoms with van der Waals surface area (Å²) in [5.74, 6) is -0.436. The number of rotatable bonds is 6. The minimum absolute atomic E-state index is 0.0899. The van der Waals surface area contributed by atoms with Crippen LogP contribution in [0.15, 0.2) is 75.8 Å². The summed E-state index contributed by atoms with van der Waals surface area (Å²) in [6.07, 6.45) is 0. The largest absolute Gasteiger partial charge is 0.466 e. The zero-order valence-electron chi connectivity index (χ0n) is 17.8. The lowest BCUT2D eigenvalue weighted by molar-refractivity contribution is -0.384. The minimum atomic E-state index is -0.793. The van der Waals surface area contributed by atoms with Crippen LogP contribution in [0, 0.1) is 10.1 Å². The Kier molecular flexibility index (Phi) is 6.27. The molecule has 10 heteroatoms. The van der Waals surface area contributed by atoms with E-state index in [2.05, 4.69) is 15.3 Å². The molecule has 0 bridgehead atoms. The number of nitrogens with one attached hydrogen (secondary N) is 2. The fourth-order valence-corrected chi connectivity index (χ4v) is 4.54. The second kappa shape index (κ2) is 9.29. The molecule has 1 atom stereocenters. The Morgan fingerprint density at radius 3 is 2.52 bits per heavy atom. The number of aromatic nitrogens is 2. The number of aromatic amines is 1. The van der Waals surface area contributed by atoms with Crippen molar-refractivity contribution in [3.05, 3.63) is 103 Å². The number of fused-ring (bicyclic) bond motifs is 1. The molecule has 0 spiro atoms. The van der Waals surface area contributed by atoms with E-state index in [4.69, 9.17) is 4.74 Å². The highest BCUT2D eigenvalue weighted by molar-refractivity contribution is 7.98. The molecule has 2 aromatic carbocycles. The molecule has 0 saturated heterocycles. The van der Waals surface area contributed by atoms with Crippen LogP contribution >= 0.6 is 11.8 Å². The molecule has 2 heterocycles. The molecule has 0 fully saturated rings. The van der Waals surface area contributed by atoms with Crippen LogP contribution in [0.25, 0.3) is 0 Å². The highest BCUT2D eigenvalue weighted by atomic mass is 32.2. The topological polar surface area (TPSA) is 127 Å². The van der Waals surface area contributed by atoms with Crippen LogP contribution < -0.4 is 10.9 Å². The number of non-ortho nitro benzene ring substituents is 1. The lowest BCUT2D eigenvalue weighted by atomic mass is 9.82. The van der Waals surface area contributed by atoms with E-state index in [1.165, 1.54) is 43.1 Å². The van der Waals surface area contributed by atoms with Crippen molar-refractivity contribution in [2.24, 2.45) is 0 Å². The summed E-state index contributed by atoms with van der Waals surface area (Å²) in [5.41, 5.74) is 2.13. The van der Waals surface area contributed by atoms with Crippen LogP contribution in [-0.2, 0) is 15.3 Å². The molecule has 168 valence electrons. The Morgan fingerprint density at radius 1 is 1.18 bits per heavy atom. The number of ether oxygens (including phenoxy) is 1. The number of nitro benzene ring substituents is 1. The van der Waals surface area contributed by atoms with Crippen LogP contribution in [0.2, 0.25) is 0 Å². The Labute approximate surface area is 193 Å². The van der Waals surface area contributed by atoms with Gasteiger partial charge in [0.1, 0.15) is 5.82 Å². The van der Waals surface area contributed by atoms with Crippen molar-refractivity contribution in [1.29, 1.82) is 0 Å². The number of nitro groups is 1. The second-order valence-corrected chi connectivity index (χ2v) is 8.31. The number of methoxy groups -OCH3 is 1. The molecule has 2 N–H and O–H groups in total. The molecular weight excluding hydrogens is 444 g/mol. The molecule has 3 aromatic rings. The number of esters is 1. The molecular formula is C23H20N4O5S. The average Bonchev–Trinajstić information content (AvgIpc) is 2.82. The summed E-state index contributed by atoms with van der Waals surface area (Å²) in [6, 6.07) is 15.5. The summed E-state index contributed by atoms with van der Waals surface area (Å²) < 4.78 is 4.96. The number of anilines is 1. The fourth-order valence-electron chi connectivity index (χ4n) is 3.73. The van der Waals surface area contributed by atoms with E-state index < -0.39 is 22.4 Å². The van der Waals surface area contributed by atoms with Gasteiger partial charge >= 0.3 is 5.97 Å². The summed E-state index contributed by atoms with van der Waals surface area (Å²) in [4.78, 5) is 43.7. The second-order valence-electron chi connectivity index (χ2n) is 7.34. The van der Waals surface area contributed by atoms with Gasteiger partial charge in [-0.15, -0.1) is 0 Å². The number of carbonyl (C=O) groups is 1. The highest BCUT2D eigenvalue weighted by Crippen LogP contribution is 2.40. The van der Waals surface area contributed by atoms with E-state index in [0.717, 1.165) is 5.56 Å². The summed E-state index contributed by atoms with van der Waals surface area (Å²) >= 11 is 1.39. The van der Waals surface area contributed by atoms with E-state index in [-0.39, 0.29) is 16.8 Å². The molecule has 0 saturated carbocycles. The molecule has 0 unspecified atom stereocenters. The number of hydrogen-bond donors (Lipinski definition) is 2. The van der Waals surface area contributed by atoms with Crippen LogP contribution in [0.1, 0.15) is 29.5 Å². The molecule has 1 aliphatic rings. The number of nitrogens with zero attached hydrogens (tertiary/aromatic N) is 2. The van der Waals surface area contributed by atoms with Gasteiger partial charge in [-0.2, -0.15) is 0 Å². The predicted molar refractivity (Wildman–Crippen MR) is 124 cm³/mol. The third-order valence-electron chi connectivity index (χ3n) is 5.28. The first-order valence-corrected chi connectivity index (χ1v) is 11.0. The minimum Gasteiger partial charge on any atom is -0.466 e. The molecule has 33 heavy (non-hydrogen) atoms. The number of H-pyrrole nitrogens is 1. The fraction of sp³-hybridized carbons (Fsp3) is 0.174. The van der Waals surface area contributed by atoms with Crippen LogP contribution in [-0.4, -0.2) is 28.0 Å². The first kappa shape index (κ1) is 22.3. The van der Waals surface area contributed by atoms with Gasteiger partial charge < -0.3 is 15.0 Å². The van der Waals surface area contributed by atoms with Crippen molar-refractivity contribution in [2.45, 2.75) is 23.8 Å². The first-order chi connectivity index (χ1) is 15.9. The molecule has 0 aliphatic carbocycles. The molecule has 1 aromatic heterocycles. The average molecular weight is 465 g/mol. The van der Waals surface area contributed by atoms with E-state index in [1.807, 2.05) is 30.3 Å². The van der Waals surface area contributed by atoms with E-state index in [1.54, 1.807) is 6.92 Å². The van der Waals surface area contributed by atoms with Crippen molar-refractivity contribution in [3.8, 4) is 0 Å². The van der Waals surface area contributed by atoms with Crippen LogP contribution in [0.3, 0.4) is 0 Å². The smallest absolute Gasteiger partial charge is 0.336 e. The molecule has 1 aliphatic heterocycles. The van der Waals surface area contributed by atoms with Gasteiger partial charge in [0.05, 0.1) is 29.1 Å². The Hall–Kier alpha value is -3.92. The van der Waals surface area contributed by atoms with Gasteiger partial charge in [-0.25, -0.2) is 9.78 Å². The summed E-state index contributed by atoms with van der Waals surface area (Å²) in [7, 11) is 1.26. The maximum Gasteiger partial charge on any atom is 0.336 e. The van der Waals surface area contributed by atoms with Crippen LogP contribution in [0.5, 0.6) is 0 Å². The van der Waals surface area contributed by atoms with E-state index >= 15 is 0 Å². The monoisotopic (exact) mass is 464 g/mol. The number of carbonyl (C=O) groups excluding carboxylic acids is 1. The number of thioether (sulfide) groups is 1. The molecule has 0 amide bonds. The van der Waals surface area contributed by atoms with Gasteiger partial charge in [0.15, 0.2) is 5.16 Å². The quantitative estimate of drug-likeness (QED) is 0.184. The predicted octanol–water partition coefficient (Wildman–Crippen LogP) is 3.97. The van der Waals surface area contributed by atoms with Gasteiger partial charge in [-0.1, -0.05) is 54.2 Å². The van der Waals surface area contributed by atoms with Crippen molar-refractivity contribution >= 4 is 29.2 Å². The number of allylic oxidation sites excluding steroid dienone is 1. The van der Waals surface area contributed by atoms with Gasteiger partial charge in [-0.3, -0.25) is 14.9 Å². The van der Waals surface area contributed by atoms with Gasteiger partial charge in [0, 0.05) is 23.6 Å². The van der Waals surface area contributed by atoms with E-state index in [9.17, 15) is 19.7 Å². The van der Waals surface area contributed by atoms with Crippen molar-refractivity contribution < 1.29 is 14.5 Å². The molecule has 0 radical (unpaired) electrons. The van der Waals surface area contributed by atoms with E-state index in [0.29, 0.717) is 28.0 Å². The molecule has 4 rings (SSSR count). The SMILES string of the molecule is COC(=O)C1=C(C)Nc2nc(SCc3ccccc3)[nH]c(=O)c2[C@@H]1c1ccc([N+](=O)[O-])cc1. The number of hydrogen-bond acceptors (Lipinski definition) is 8. The maximum absolute atomic E-state index is 13.2. The van der Waals surface area contributed by atoms with Gasteiger partial charge in [0.2, 0.25) is 0 Å². The standard InChI is InChI=1S/C23H20N4O5S/c1-13-17(22(29)32-2)18(15-8-10-16(11-9-15)27(30)31)19-20(24-13)25-23(26-21(19)28)33-12-14-6-4-3-5-7-14/h3-11,18H,12H2,1-2H3,(H2,24,25,26,28)/t18-/m1/s1. The lowest BCUT2D eigenvalue weighted by Crippen LogP contribution is -2.31. The van der Waals surface area contributed by atoms with Crippen molar-refractivity contribution in [1.82, 2.24) is 9.97 Å². The Morgan fingerprint density at radius 2 is 1.88 bits per heavy atom. The van der Waals surface area contributed by atoms with Gasteiger partial charge in [0.25, 0.3) is 11.2 Å². The lowest BCUT2D eigenvalue weighted by Gasteiger charge is -2.28. The van der Waals surface area contributed by atoms with Crippen molar-refractivity contribution in [2.75, 3.05) is 12.4 Å². The van der Waals surface area contributed by atoms with Crippen molar-refractivity contribution in [3.63, 3.8) is 0 Å². The third-order valence-corrected chi connectivity index (χ3v) is 6.23. The van der Waals surface area contributed by atoms with Crippen LogP contribution in [0.4, 0.5) is 11.5 Å². The normalized spacial score (nSPS) is 14.9. The highest BCUT2D eigenvalue weighted by Gasteiger charge is 2.36. The van der Waals surface area contributed by atoms with Gasteiger partial charge in [-0.05, 0) is 18.1 Å². The zero-order chi connectivity index (χ0) is 23.5. The maximum atomic E-state index is 13.2. The molecule has 9 nitrogen and oxygen atoms in total. The Bertz CT molecular complexity index is 1300. The number of benzene rings is 2. The zero-order valence-corrected chi connectivity index (χ0v) is 18.6. The summed E-state index contributed by atoms with van der Waals surface area (Å²) in [6.45, 7) is 1.70.